The average Bonchev–Trinajstić information content (AvgIpc) is 2.96. The van der Waals surface area contributed by atoms with E-state index in [4.69, 9.17) is 5.73 Å². The molecule has 3 heterocycles. The van der Waals surface area contributed by atoms with Gasteiger partial charge in [-0.3, -0.25) is 4.98 Å². The number of nitrogens with two attached hydrogens (primary N) is 1. The Bertz CT molecular complexity index is 938. The van der Waals surface area contributed by atoms with Gasteiger partial charge in [0, 0.05) is 24.0 Å². The number of aromatic nitrogens is 4. The lowest BCUT2D eigenvalue weighted by molar-refractivity contribution is 1.14. The number of para-hydroxylation sites is 1. The Balaban J connectivity index is 1.89. The summed E-state index contributed by atoms with van der Waals surface area (Å²) in [6.07, 6.45) is 7.04. The van der Waals surface area contributed by atoms with E-state index in [0.717, 1.165) is 22.2 Å². The fourth-order valence-corrected chi connectivity index (χ4v) is 2.37. The molecule has 3 N–H and O–H groups in total. The zero-order valence-electron chi connectivity index (χ0n) is 11.1. The van der Waals surface area contributed by atoms with E-state index < -0.39 is 0 Å². The van der Waals surface area contributed by atoms with Crippen molar-refractivity contribution in [3.8, 4) is 0 Å². The van der Waals surface area contributed by atoms with Crippen LogP contribution < -0.4 is 11.1 Å². The maximum absolute atomic E-state index is 5.83. The highest BCUT2D eigenvalue weighted by Crippen LogP contribution is 2.25. The van der Waals surface area contributed by atoms with Gasteiger partial charge in [-0.05, 0) is 12.1 Å². The molecule has 6 heteroatoms. The minimum absolute atomic E-state index is 0.427. The molecule has 0 atom stereocenters. The number of nitrogens with one attached hydrogen (secondary N) is 1. The van der Waals surface area contributed by atoms with Gasteiger partial charge in [0.15, 0.2) is 11.5 Å². The van der Waals surface area contributed by atoms with Gasteiger partial charge in [0.1, 0.15) is 5.82 Å². The molecule has 21 heavy (non-hydrogen) atoms. The van der Waals surface area contributed by atoms with Crippen LogP contribution in [0.1, 0.15) is 0 Å². The molecule has 0 aliphatic rings. The molecule has 0 saturated heterocycles. The molecule has 0 bridgehead atoms. The quantitative estimate of drug-likeness (QED) is 0.588. The van der Waals surface area contributed by atoms with Crippen molar-refractivity contribution in [1.29, 1.82) is 0 Å². The number of benzene rings is 1. The molecule has 3 aromatic heterocycles. The molecule has 102 valence electrons. The fraction of sp³-hybridized carbons (Fsp3) is 0. The molecule has 1 aromatic carbocycles. The second kappa shape index (κ2) is 4.45. The predicted octanol–water partition coefficient (Wildman–Crippen LogP) is 2.60. The third-order valence-corrected chi connectivity index (χ3v) is 3.28. The minimum atomic E-state index is 0.427. The van der Waals surface area contributed by atoms with E-state index in [0.29, 0.717) is 11.6 Å². The van der Waals surface area contributed by atoms with Crippen LogP contribution >= 0.6 is 0 Å². The molecule has 6 nitrogen and oxygen atoms in total. The van der Waals surface area contributed by atoms with Crippen molar-refractivity contribution in [3.63, 3.8) is 0 Å². The molecule has 4 rings (SSSR count). The summed E-state index contributed by atoms with van der Waals surface area (Å²) < 4.78 is 1.84. The maximum Gasteiger partial charge on any atom is 0.180 e. The van der Waals surface area contributed by atoms with Gasteiger partial charge in [-0.1, -0.05) is 18.2 Å². The largest absolute Gasteiger partial charge is 0.382 e. The molecule has 0 fully saturated rings. The first-order chi connectivity index (χ1) is 10.3. The van der Waals surface area contributed by atoms with Crippen LogP contribution in [0, 0.1) is 0 Å². The Hall–Kier alpha value is -3.15. The number of imidazole rings is 1. The molecule has 0 spiro atoms. The topological polar surface area (TPSA) is 81.1 Å². The molecule has 0 saturated carbocycles. The number of hydrogen-bond acceptors (Lipinski definition) is 5. The van der Waals surface area contributed by atoms with E-state index >= 15 is 0 Å². The van der Waals surface area contributed by atoms with Crippen LogP contribution in [-0.4, -0.2) is 19.4 Å². The van der Waals surface area contributed by atoms with E-state index in [9.17, 15) is 0 Å². The summed E-state index contributed by atoms with van der Waals surface area (Å²) in [6, 6.07) is 9.88. The summed E-state index contributed by atoms with van der Waals surface area (Å²) >= 11 is 0. The van der Waals surface area contributed by atoms with Gasteiger partial charge in [0.25, 0.3) is 0 Å². The first-order valence-electron chi connectivity index (χ1n) is 6.51. The Labute approximate surface area is 120 Å². The zero-order chi connectivity index (χ0) is 14.2. The number of rotatable bonds is 2. The van der Waals surface area contributed by atoms with Crippen molar-refractivity contribution < 1.29 is 0 Å². The zero-order valence-corrected chi connectivity index (χ0v) is 11.1. The lowest BCUT2D eigenvalue weighted by Crippen LogP contribution is -2.02. The summed E-state index contributed by atoms with van der Waals surface area (Å²) in [4.78, 5) is 13.0. The van der Waals surface area contributed by atoms with E-state index in [1.54, 1.807) is 18.6 Å². The molecular formula is C15H12N6. The SMILES string of the molecule is Nc1cn2ccnc2c(Nc2cccc3cccnc23)n1. The van der Waals surface area contributed by atoms with Gasteiger partial charge >= 0.3 is 0 Å². The molecule has 0 aliphatic heterocycles. The van der Waals surface area contributed by atoms with Crippen LogP contribution in [0.2, 0.25) is 0 Å². The molecule has 0 aliphatic carbocycles. The Kier molecular flexibility index (Phi) is 2.47. The van der Waals surface area contributed by atoms with Crippen molar-refractivity contribution in [1.82, 2.24) is 19.4 Å². The van der Waals surface area contributed by atoms with E-state index in [1.807, 2.05) is 40.9 Å². The normalized spacial score (nSPS) is 11.0. The second-order valence-corrected chi connectivity index (χ2v) is 4.68. The Morgan fingerprint density at radius 3 is 2.90 bits per heavy atom. The lowest BCUT2D eigenvalue weighted by Gasteiger charge is -2.10. The third-order valence-electron chi connectivity index (χ3n) is 3.28. The summed E-state index contributed by atoms with van der Waals surface area (Å²) in [5.74, 6) is 1.04. The summed E-state index contributed by atoms with van der Waals surface area (Å²) in [7, 11) is 0. The molecular weight excluding hydrogens is 264 g/mol. The van der Waals surface area contributed by atoms with Crippen LogP contribution in [0.3, 0.4) is 0 Å². The van der Waals surface area contributed by atoms with Gasteiger partial charge in [0.2, 0.25) is 0 Å². The third kappa shape index (κ3) is 1.93. The van der Waals surface area contributed by atoms with Gasteiger partial charge in [-0.2, -0.15) is 0 Å². The van der Waals surface area contributed by atoms with Crippen LogP contribution in [0.5, 0.6) is 0 Å². The van der Waals surface area contributed by atoms with Crippen molar-refractivity contribution in [2.75, 3.05) is 11.1 Å². The highest BCUT2D eigenvalue weighted by atomic mass is 15.1. The summed E-state index contributed by atoms with van der Waals surface area (Å²) in [5.41, 5.74) is 8.31. The van der Waals surface area contributed by atoms with Crippen molar-refractivity contribution in [3.05, 3.63) is 55.1 Å². The lowest BCUT2D eigenvalue weighted by atomic mass is 10.2. The number of fused-ring (bicyclic) bond motifs is 2. The standard InChI is InChI=1S/C15H12N6/c16-12-9-21-8-7-18-15(21)14(20-12)19-11-5-1-3-10-4-2-6-17-13(10)11/h1-9H,16H2,(H,19,20). The Morgan fingerprint density at radius 1 is 1.05 bits per heavy atom. The Morgan fingerprint density at radius 2 is 1.95 bits per heavy atom. The summed E-state index contributed by atoms with van der Waals surface area (Å²) in [5, 5.41) is 4.34. The first kappa shape index (κ1) is 11.7. The number of nitrogens with zero attached hydrogens (tertiary/aromatic N) is 4. The van der Waals surface area contributed by atoms with Gasteiger partial charge in [-0.25, -0.2) is 9.97 Å². The number of nitrogen functional groups attached to an aromatic ring is 1. The fourth-order valence-electron chi connectivity index (χ4n) is 2.37. The van der Waals surface area contributed by atoms with Crippen molar-refractivity contribution >= 4 is 33.9 Å². The number of pyridine rings is 1. The predicted molar refractivity (Wildman–Crippen MR) is 82.4 cm³/mol. The monoisotopic (exact) mass is 276 g/mol. The van der Waals surface area contributed by atoms with Crippen molar-refractivity contribution in [2.24, 2.45) is 0 Å². The van der Waals surface area contributed by atoms with Crippen LogP contribution in [0.4, 0.5) is 17.3 Å². The van der Waals surface area contributed by atoms with E-state index in [-0.39, 0.29) is 0 Å². The highest BCUT2D eigenvalue weighted by molar-refractivity contribution is 5.92. The van der Waals surface area contributed by atoms with Crippen molar-refractivity contribution in [2.45, 2.75) is 0 Å². The van der Waals surface area contributed by atoms with Gasteiger partial charge < -0.3 is 15.5 Å². The molecule has 0 radical (unpaired) electrons. The van der Waals surface area contributed by atoms with E-state index in [1.165, 1.54) is 0 Å². The highest BCUT2D eigenvalue weighted by Gasteiger charge is 2.08. The smallest absolute Gasteiger partial charge is 0.180 e. The van der Waals surface area contributed by atoms with Crippen LogP contribution in [0.25, 0.3) is 16.6 Å². The minimum Gasteiger partial charge on any atom is -0.382 e. The number of anilines is 3. The van der Waals surface area contributed by atoms with Gasteiger partial charge in [0.05, 0.1) is 17.4 Å². The van der Waals surface area contributed by atoms with E-state index in [2.05, 4.69) is 20.3 Å². The molecule has 0 amide bonds. The second-order valence-electron chi connectivity index (χ2n) is 4.68. The first-order valence-corrected chi connectivity index (χ1v) is 6.51. The number of hydrogen-bond donors (Lipinski definition) is 2. The maximum atomic E-state index is 5.83. The van der Waals surface area contributed by atoms with Gasteiger partial charge in [-0.15, -0.1) is 0 Å². The summed E-state index contributed by atoms with van der Waals surface area (Å²) in [6.45, 7) is 0. The average molecular weight is 276 g/mol. The van der Waals surface area contributed by atoms with Crippen LogP contribution in [-0.2, 0) is 0 Å². The molecule has 4 aromatic rings. The van der Waals surface area contributed by atoms with Crippen LogP contribution in [0.15, 0.2) is 55.1 Å². The molecule has 0 unspecified atom stereocenters.